The molecular weight excluding hydrogens is 418 g/mol. The summed E-state index contributed by atoms with van der Waals surface area (Å²) < 4.78 is 12.7. The van der Waals surface area contributed by atoms with Gasteiger partial charge in [0.15, 0.2) is 11.5 Å². The van der Waals surface area contributed by atoms with Gasteiger partial charge in [-0.15, -0.1) is 24.0 Å². The number of thiazole rings is 1. The molecule has 1 amide bonds. The molecule has 0 unspecified atom stereocenters. The van der Waals surface area contributed by atoms with Gasteiger partial charge in [-0.25, -0.2) is 4.98 Å². The Labute approximate surface area is 183 Å². The number of anilines is 1. The molecule has 2 heterocycles. The van der Waals surface area contributed by atoms with E-state index in [4.69, 9.17) is 9.47 Å². The van der Waals surface area contributed by atoms with Gasteiger partial charge in [-0.3, -0.25) is 4.79 Å². The summed E-state index contributed by atoms with van der Waals surface area (Å²) in [6, 6.07) is 12.9. The number of ether oxygens (including phenoxy) is 2. The van der Waals surface area contributed by atoms with Gasteiger partial charge >= 0.3 is 0 Å². The number of fused-ring (bicyclic) bond motifs is 2. The van der Waals surface area contributed by atoms with Crippen LogP contribution in [0, 0.1) is 11.3 Å². The van der Waals surface area contributed by atoms with E-state index < -0.39 is 0 Å². The van der Waals surface area contributed by atoms with E-state index in [2.05, 4.69) is 23.7 Å². The van der Waals surface area contributed by atoms with E-state index in [1.54, 1.807) is 29.2 Å². The van der Waals surface area contributed by atoms with E-state index in [0.717, 1.165) is 10.2 Å². The first-order chi connectivity index (χ1) is 14.5. The summed E-state index contributed by atoms with van der Waals surface area (Å²) in [7, 11) is 0. The van der Waals surface area contributed by atoms with Gasteiger partial charge in [0.25, 0.3) is 5.91 Å². The second kappa shape index (κ2) is 8.38. The molecule has 30 heavy (non-hydrogen) atoms. The number of benzene rings is 2. The molecule has 6 nitrogen and oxygen atoms in total. The highest BCUT2D eigenvalue weighted by Gasteiger charge is 2.24. The molecule has 152 valence electrons. The van der Waals surface area contributed by atoms with Crippen LogP contribution in [-0.4, -0.2) is 30.1 Å². The Hall–Kier alpha value is -3.02. The maximum absolute atomic E-state index is 13.3. The number of carbonyl (C=O) groups excluding carboxylic acids is 1. The van der Waals surface area contributed by atoms with Crippen LogP contribution in [0.2, 0.25) is 0 Å². The van der Waals surface area contributed by atoms with Crippen molar-refractivity contribution in [1.82, 2.24) is 4.98 Å². The number of carbonyl (C=O) groups is 1. The lowest BCUT2D eigenvalue weighted by atomic mass is 10.1. The van der Waals surface area contributed by atoms with Crippen LogP contribution >= 0.6 is 24.0 Å². The Bertz CT molecular complexity index is 1190. The van der Waals surface area contributed by atoms with Crippen LogP contribution in [0.15, 0.2) is 46.3 Å². The third-order valence-corrected chi connectivity index (χ3v) is 5.80. The normalized spacial score (nSPS) is 13.4. The van der Waals surface area contributed by atoms with E-state index in [1.807, 2.05) is 32.0 Å². The van der Waals surface area contributed by atoms with Gasteiger partial charge in [-0.1, -0.05) is 6.07 Å². The highest BCUT2D eigenvalue weighted by Crippen LogP contribution is 2.32. The molecular formula is C22H19N3O3S2. The van der Waals surface area contributed by atoms with Crippen molar-refractivity contribution < 1.29 is 14.3 Å². The predicted octanol–water partition coefficient (Wildman–Crippen LogP) is 4.70. The van der Waals surface area contributed by atoms with Crippen molar-refractivity contribution in [2.45, 2.75) is 24.2 Å². The minimum Gasteiger partial charge on any atom is -0.486 e. The molecule has 2 aromatic carbocycles. The van der Waals surface area contributed by atoms with Crippen molar-refractivity contribution in [1.29, 1.82) is 5.26 Å². The zero-order valence-electron chi connectivity index (χ0n) is 16.5. The lowest BCUT2D eigenvalue weighted by Gasteiger charge is -2.26. The summed E-state index contributed by atoms with van der Waals surface area (Å²) in [4.78, 5) is 19.3. The van der Waals surface area contributed by atoms with Crippen molar-refractivity contribution >= 4 is 51.9 Å². The lowest BCUT2D eigenvalue weighted by Crippen LogP contribution is -2.37. The maximum atomic E-state index is 13.3. The van der Waals surface area contributed by atoms with Gasteiger partial charge in [0.2, 0.25) is 0 Å². The summed E-state index contributed by atoms with van der Waals surface area (Å²) in [5.74, 6) is 0.907. The molecule has 1 aliphatic rings. The highest BCUT2D eigenvalue weighted by molar-refractivity contribution is 7.82. The number of nitrogens with zero attached hydrogens (tertiary/aromatic N) is 3. The summed E-state index contributed by atoms with van der Waals surface area (Å²) in [5.41, 5.74) is 2.28. The molecule has 0 radical (unpaired) electrons. The van der Waals surface area contributed by atoms with Gasteiger partial charge in [0.1, 0.15) is 29.2 Å². The summed E-state index contributed by atoms with van der Waals surface area (Å²) in [6.45, 7) is 4.81. The Balaban J connectivity index is 1.69. The van der Waals surface area contributed by atoms with Gasteiger partial charge in [-0.05, 0) is 55.8 Å². The molecule has 0 atom stereocenters. The quantitative estimate of drug-likeness (QED) is 0.364. The summed E-state index contributed by atoms with van der Waals surface area (Å²) in [6.07, 6.45) is 1.58. The van der Waals surface area contributed by atoms with Gasteiger partial charge < -0.3 is 14.4 Å². The van der Waals surface area contributed by atoms with Crippen LogP contribution in [-0.2, 0) is 4.79 Å². The first-order valence-electron chi connectivity index (χ1n) is 9.41. The maximum Gasteiger partial charge on any atom is 0.269 e. The number of hydrogen-bond donors (Lipinski definition) is 1. The van der Waals surface area contributed by atoms with Crippen LogP contribution in [0.4, 0.5) is 5.69 Å². The van der Waals surface area contributed by atoms with Crippen molar-refractivity contribution in [2.24, 2.45) is 0 Å². The van der Waals surface area contributed by atoms with E-state index >= 15 is 0 Å². The fourth-order valence-corrected chi connectivity index (χ4v) is 4.43. The first-order valence-corrected chi connectivity index (χ1v) is 10.7. The fraction of sp³-hybridized carbons (Fsp3) is 0.227. The zero-order valence-corrected chi connectivity index (χ0v) is 18.2. The average molecular weight is 438 g/mol. The molecule has 0 saturated carbocycles. The van der Waals surface area contributed by atoms with Gasteiger partial charge in [0.05, 0.1) is 10.2 Å². The molecule has 0 N–H and O–H groups in total. The molecule has 4 rings (SSSR count). The molecule has 0 bridgehead atoms. The standard InChI is InChI=1S/C22H19N3O3S2/c1-13(2)25(16-4-5-17-20(11-16)30-22(29)24-17)21(26)15(12-23)9-14-3-6-18-19(10-14)28-8-7-27-18/h3-6,9-11,13H,7-8H2,1-2H3,(H,24,29). The smallest absolute Gasteiger partial charge is 0.269 e. The first kappa shape index (κ1) is 20.3. The topological polar surface area (TPSA) is 75.5 Å². The molecule has 0 aliphatic carbocycles. The van der Waals surface area contributed by atoms with E-state index in [-0.39, 0.29) is 17.5 Å². The second-order valence-corrected chi connectivity index (χ2v) is 8.75. The van der Waals surface area contributed by atoms with Crippen LogP contribution in [0.25, 0.3) is 16.3 Å². The van der Waals surface area contributed by atoms with Crippen LogP contribution in [0.1, 0.15) is 19.4 Å². The van der Waals surface area contributed by atoms with Crippen molar-refractivity contribution in [2.75, 3.05) is 18.1 Å². The molecule has 3 aromatic rings. The van der Waals surface area contributed by atoms with Crippen molar-refractivity contribution in [3.63, 3.8) is 0 Å². The Morgan fingerprint density at radius 3 is 2.73 bits per heavy atom. The third-order valence-electron chi connectivity index (χ3n) is 4.60. The van der Waals surface area contributed by atoms with Gasteiger partial charge in [-0.2, -0.15) is 5.26 Å². The molecule has 0 spiro atoms. The molecule has 1 aromatic heterocycles. The van der Waals surface area contributed by atoms with Crippen LogP contribution in [0.3, 0.4) is 0 Å². The minimum atomic E-state index is -0.364. The lowest BCUT2D eigenvalue weighted by molar-refractivity contribution is -0.115. The molecule has 0 fully saturated rings. The average Bonchev–Trinajstić information content (AvgIpc) is 3.11. The number of amides is 1. The Kier molecular flexibility index (Phi) is 5.66. The van der Waals surface area contributed by atoms with Crippen molar-refractivity contribution in [3.05, 3.63) is 47.5 Å². The minimum absolute atomic E-state index is 0.0414. The van der Waals surface area contributed by atoms with E-state index in [0.29, 0.717) is 40.3 Å². The molecule has 0 saturated heterocycles. The Morgan fingerprint density at radius 2 is 2.00 bits per heavy atom. The SMILES string of the molecule is CC(C)N(C(=O)C(C#N)=Cc1ccc2c(c1)OCCO2)c1ccc2nc(S)sc2c1. The van der Waals surface area contributed by atoms with Crippen molar-refractivity contribution in [3.8, 4) is 17.6 Å². The monoisotopic (exact) mass is 437 g/mol. The van der Waals surface area contributed by atoms with E-state index in [1.165, 1.54) is 11.3 Å². The van der Waals surface area contributed by atoms with Crippen LogP contribution in [0.5, 0.6) is 11.5 Å². The molecule has 8 heteroatoms. The summed E-state index contributed by atoms with van der Waals surface area (Å²) >= 11 is 5.75. The fourth-order valence-electron chi connectivity index (χ4n) is 3.29. The number of hydrogen-bond acceptors (Lipinski definition) is 7. The number of aromatic nitrogens is 1. The van der Waals surface area contributed by atoms with Crippen LogP contribution < -0.4 is 14.4 Å². The third kappa shape index (κ3) is 3.99. The van der Waals surface area contributed by atoms with Gasteiger partial charge in [0, 0.05) is 11.7 Å². The second-order valence-electron chi connectivity index (χ2n) is 6.99. The predicted molar refractivity (Wildman–Crippen MR) is 121 cm³/mol. The number of rotatable bonds is 4. The Morgan fingerprint density at radius 1 is 1.23 bits per heavy atom. The summed E-state index contributed by atoms with van der Waals surface area (Å²) in [5, 5.41) is 9.71. The number of nitriles is 1. The highest BCUT2D eigenvalue weighted by atomic mass is 32.2. The largest absolute Gasteiger partial charge is 0.486 e. The number of thiol groups is 1. The zero-order chi connectivity index (χ0) is 21.3. The molecule has 1 aliphatic heterocycles. The van der Waals surface area contributed by atoms with E-state index in [9.17, 15) is 10.1 Å².